The number of nitrogens with zero attached hydrogens (tertiary/aromatic N) is 1. The van der Waals surface area contributed by atoms with E-state index in [0.29, 0.717) is 19.5 Å². The lowest BCUT2D eigenvalue weighted by Crippen LogP contribution is -2.39. The molecule has 1 aliphatic rings. The maximum atomic E-state index is 12.3. The van der Waals surface area contributed by atoms with E-state index in [-0.39, 0.29) is 5.78 Å². The molecule has 0 heterocycles. The van der Waals surface area contributed by atoms with Gasteiger partial charge in [-0.05, 0) is 45.9 Å². The van der Waals surface area contributed by atoms with Crippen molar-refractivity contribution in [2.75, 3.05) is 20.1 Å². The van der Waals surface area contributed by atoms with Crippen molar-refractivity contribution in [3.63, 3.8) is 0 Å². The van der Waals surface area contributed by atoms with Crippen molar-refractivity contribution >= 4 is 5.78 Å². The SMILES string of the molecule is Cc1cc(C)cc(C(=O)CCN(C)CC2(O)CCCC2)c1. The Balaban J connectivity index is 1.85. The number of hydrogen-bond donors (Lipinski definition) is 1. The lowest BCUT2D eigenvalue weighted by molar-refractivity contribution is 0.0162. The summed E-state index contributed by atoms with van der Waals surface area (Å²) in [5.41, 5.74) is 2.54. The summed E-state index contributed by atoms with van der Waals surface area (Å²) in [6.07, 6.45) is 4.53. The van der Waals surface area contributed by atoms with Gasteiger partial charge in [0.15, 0.2) is 5.78 Å². The van der Waals surface area contributed by atoms with Crippen molar-refractivity contribution in [3.05, 3.63) is 34.9 Å². The lowest BCUT2D eigenvalue weighted by Gasteiger charge is -2.28. The Kier molecular flexibility index (Phi) is 5.17. The number of likely N-dealkylation sites (N-methyl/N-ethyl adjacent to an activating group) is 1. The van der Waals surface area contributed by atoms with Crippen molar-refractivity contribution in [2.45, 2.75) is 51.6 Å². The summed E-state index contributed by atoms with van der Waals surface area (Å²) < 4.78 is 0. The number of rotatable bonds is 6. The number of hydrogen-bond acceptors (Lipinski definition) is 3. The summed E-state index contributed by atoms with van der Waals surface area (Å²) in [5, 5.41) is 10.4. The first-order chi connectivity index (χ1) is 9.88. The predicted octanol–water partition coefficient (Wildman–Crippen LogP) is 3.11. The molecule has 0 bridgehead atoms. The van der Waals surface area contributed by atoms with Gasteiger partial charge in [0, 0.05) is 25.1 Å². The first-order valence-electron chi connectivity index (χ1n) is 7.90. The molecule has 0 aromatic heterocycles. The fourth-order valence-corrected chi connectivity index (χ4v) is 3.35. The Morgan fingerprint density at radius 1 is 1.19 bits per heavy atom. The molecule has 0 radical (unpaired) electrons. The Labute approximate surface area is 128 Å². The van der Waals surface area contributed by atoms with Crippen LogP contribution in [0.5, 0.6) is 0 Å². The molecular formula is C18H27NO2. The van der Waals surface area contributed by atoms with Crippen LogP contribution in [0.25, 0.3) is 0 Å². The molecule has 116 valence electrons. The van der Waals surface area contributed by atoms with Crippen molar-refractivity contribution in [1.29, 1.82) is 0 Å². The molecule has 1 N–H and O–H groups in total. The summed E-state index contributed by atoms with van der Waals surface area (Å²) in [6, 6.07) is 6.00. The number of aryl methyl sites for hydroxylation is 2. The summed E-state index contributed by atoms with van der Waals surface area (Å²) in [6.45, 7) is 5.41. The van der Waals surface area contributed by atoms with Gasteiger partial charge in [-0.1, -0.05) is 30.0 Å². The van der Waals surface area contributed by atoms with Crippen LogP contribution in [-0.2, 0) is 0 Å². The van der Waals surface area contributed by atoms with E-state index >= 15 is 0 Å². The first kappa shape index (κ1) is 16.2. The standard InChI is InChI=1S/C18H27NO2/c1-14-10-15(2)12-16(11-14)17(20)6-9-19(3)13-18(21)7-4-5-8-18/h10-12,21H,4-9,13H2,1-3H3. The van der Waals surface area contributed by atoms with Gasteiger partial charge in [0.05, 0.1) is 5.60 Å². The maximum Gasteiger partial charge on any atom is 0.164 e. The first-order valence-corrected chi connectivity index (χ1v) is 7.90. The molecule has 0 aliphatic heterocycles. The molecular weight excluding hydrogens is 262 g/mol. The molecule has 0 spiro atoms. The molecule has 2 rings (SSSR count). The van der Waals surface area contributed by atoms with Crippen LogP contribution in [0.4, 0.5) is 0 Å². The van der Waals surface area contributed by atoms with Gasteiger partial charge in [-0.25, -0.2) is 0 Å². The monoisotopic (exact) mass is 289 g/mol. The van der Waals surface area contributed by atoms with E-state index in [1.807, 2.05) is 33.0 Å². The third-order valence-corrected chi connectivity index (χ3v) is 4.36. The lowest BCUT2D eigenvalue weighted by atomic mass is 10.0. The van der Waals surface area contributed by atoms with Crippen molar-refractivity contribution in [1.82, 2.24) is 4.90 Å². The molecule has 0 saturated heterocycles. The number of aliphatic hydroxyl groups is 1. The van der Waals surface area contributed by atoms with Crippen molar-refractivity contribution in [3.8, 4) is 0 Å². The smallest absolute Gasteiger partial charge is 0.164 e. The van der Waals surface area contributed by atoms with E-state index in [1.54, 1.807) is 0 Å². The van der Waals surface area contributed by atoms with Crippen molar-refractivity contribution < 1.29 is 9.90 Å². The highest BCUT2D eigenvalue weighted by atomic mass is 16.3. The largest absolute Gasteiger partial charge is 0.389 e. The van der Waals surface area contributed by atoms with Gasteiger partial charge in [-0.3, -0.25) is 4.79 Å². The third-order valence-electron chi connectivity index (χ3n) is 4.36. The molecule has 21 heavy (non-hydrogen) atoms. The van der Waals surface area contributed by atoms with E-state index in [2.05, 4.69) is 11.0 Å². The minimum Gasteiger partial charge on any atom is -0.389 e. The van der Waals surface area contributed by atoms with E-state index in [1.165, 1.54) is 0 Å². The van der Waals surface area contributed by atoms with Gasteiger partial charge in [-0.2, -0.15) is 0 Å². The Bertz CT molecular complexity index is 484. The van der Waals surface area contributed by atoms with E-state index in [0.717, 1.165) is 42.4 Å². The molecule has 1 saturated carbocycles. The summed E-state index contributed by atoms with van der Waals surface area (Å²) in [7, 11) is 1.99. The summed E-state index contributed by atoms with van der Waals surface area (Å²) in [5.74, 6) is 0.187. The minimum atomic E-state index is -0.530. The van der Waals surface area contributed by atoms with E-state index in [4.69, 9.17) is 0 Å². The zero-order valence-electron chi connectivity index (χ0n) is 13.5. The van der Waals surface area contributed by atoms with Gasteiger partial charge in [0.1, 0.15) is 0 Å². The molecule has 3 nitrogen and oxygen atoms in total. The predicted molar refractivity (Wildman–Crippen MR) is 85.8 cm³/mol. The van der Waals surface area contributed by atoms with Crippen LogP contribution in [0, 0.1) is 13.8 Å². The number of benzene rings is 1. The maximum absolute atomic E-state index is 12.3. The van der Waals surface area contributed by atoms with Gasteiger partial charge in [-0.15, -0.1) is 0 Å². The number of Topliss-reactive ketones (excluding diaryl/α,β-unsaturated/α-hetero) is 1. The topological polar surface area (TPSA) is 40.5 Å². The summed E-state index contributed by atoms with van der Waals surface area (Å²) >= 11 is 0. The van der Waals surface area contributed by atoms with Gasteiger partial charge < -0.3 is 10.0 Å². The second kappa shape index (κ2) is 6.71. The zero-order chi connectivity index (χ0) is 15.5. The zero-order valence-corrected chi connectivity index (χ0v) is 13.5. The number of ketones is 1. The van der Waals surface area contributed by atoms with E-state index in [9.17, 15) is 9.90 Å². The Morgan fingerprint density at radius 3 is 2.33 bits per heavy atom. The average Bonchev–Trinajstić information content (AvgIpc) is 2.81. The molecule has 0 unspecified atom stereocenters. The highest BCUT2D eigenvalue weighted by molar-refractivity contribution is 5.96. The molecule has 1 aromatic carbocycles. The minimum absolute atomic E-state index is 0.187. The Hall–Kier alpha value is -1.19. The van der Waals surface area contributed by atoms with Crippen molar-refractivity contribution in [2.24, 2.45) is 0 Å². The van der Waals surface area contributed by atoms with E-state index < -0.39 is 5.60 Å². The van der Waals surface area contributed by atoms with Gasteiger partial charge in [0.25, 0.3) is 0 Å². The molecule has 0 amide bonds. The van der Waals surface area contributed by atoms with Crippen LogP contribution in [0.3, 0.4) is 0 Å². The molecule has 1 fully saturated rings. The van der Waals surface area contributed by atoms with Crippen LogP contribution in [-0.4, -0.2) is 41.5 Å². The van der Waals surface area contributed by atoms with Gasteiger partial charge in [0.2, 0.25) is 0 Å². The number of carbonyl (C=O) groups is 1. The second-order valence-corrected chi connectivity index (χ2v) is 6.72. The van der Waals surface area contributed by atoms with Crippen LogP contribution in [0.2, 0.25) is 0 Å². The second-order valence-electron chi connectivity index (χ2n) is 6.72. The van der Waals surface area contributed by atoms with Crippen LogP contribution < -0.4 is 0 Å². The Morgan fingerprint density at radius 2 is 1.76 bits per heavy atom. The third kappa shape index (κ3) is 4.65. The highest BCUT2D eigenvalue weighted by Crippen LogP contribution is 2.29. The molecule has 1 aliphatic carbocycles. The fraction of sp³-hybridized carbons (Fsp3) is 0.611. The molecule has 0 atom stereocenters. The molecule has 3 heteroatoms. The summed E-state index contributed by atoms with van der Waals surface area (Å²) in [4.78, 5) is 14.4. The van der Waals surface area contributed by atoms with Gasteiger partial charge >= 0.3 is 0 Å². The fourth-order valence-electron chi connectivity index (χ4n) is 3.35. The van der Waals surface area contributed by atoms with Crippen LogP contribution >= 0.6 is 0 Å². The van der Waals surface area contributed by atoms with Crippen LogP contribution in [0.1, 0.15) is 53.6 Å². The quantitative estimate of drug-likeness (QED) is 0.818. The molecule has 1 aromatic rings. The normalized spacial score (nSPS) is 17.4. The number of carbonyl (C=O) groups excluding carboxylic acids is 1. The average molecular weight is 289 g/mol. The highest BCUT2D eigenvalue weighted by Gasteiger charge is 2.32. The van der Waals surface area contributed by atoms with Crippen LogP contribution in [0.15, 0.2) is 18.2 Å².